The molecular formula is C10H13F2NO. The number of nitrogens with two attached hydrogens (primary N) is 1. The first kappa shape index (κ1) is 11.1. The van der Waals surface area contributed by atoms with Crippen molar-refractivity contribution < 1.29 is 13.9 Å². The Labute approximate surface area is 81.4 Å². The van der Waals surface area contributed by atoms with E-state index in [-0.39, 0.29) is 0 Å². The first-order valence-corrected chi connectivity index (χ1v) is 4.40. The van der Waals surface area contributed by atoms with Crippen LogP contribution in [0.1, 0.15) is 23.7 Å². The molecule has 0 saturated heterocycles. The summed E-state index contributed by atoms with van der Waals surface area (Å²) in [6.07, 6.45) is -0.485. The molecule has 0 saturated carbocycles. The molecule has 0 bridgehead atoms. The number of aliphatic hydroxyl groups is 1. The summed E-state index contributed by atoms with van der Waals surface area (Å²) in [7, 11) is 0. The van der Waals surface area contributed by atoms with E-state index in [0.717, 1.165) is 12.1 Å². The Morgan fingerprint density at radius 3 is 2.50 bits per heavy atom. The van der Waals surface area contributed by atoms with E-state index in [1.165, 1.54) is 0 Å². The Balaban J connectivity index is 3.02. The molecule has 78 valence electrons. The smallest absolute Gasteiger partial charge is 0.159 e. The minimum atomic E-state index is -0.943. The van der Waals surface area contributed by atoms with Crippen molar-refractivity contribution >= 4 is 0 Å². The largest absolute Gasteiger partial charge is 0.388 e. The Morgan fingerprint density at radius 2 is 1.93 bits per heavy atom. The van der Waals surface area contributed by atoms with Gasteiger partial charge in [0.05, 0.1) is 6.10 Å². The van der Waals surface area contributed by atoms with Crippen molar-refractivity contribution in [1.29, 1.82) is 0 Å². The molecule has 0 fully saturated rings. The van der Waals surface area contributed by atoms with Gasteiger partial charge in [0.25, 0.3) is 0 Å². The lowest BCUT2D eigenvalue weighted by molar-refractivity contribution is 0.169. The summed E-state index contributed by atoms with van der Waals surface area (Å²) in [5.74, 6) is -1.84. The highest BCUT2D eigenvalue weighted by atomic mass is 19.2. The van der Waals surface area contributed by atoms with Crippen LogP contribution in [0.4, 0.5) is 8.78 Å². The van der Waals surface area contributed by atoms with E-state index < -0.39 is 17.7 Å². The van der Waals surface area contributed by atoms with Gasteiger partial charge in [-0.15, -0.1) is 0 Å². The van der Waals surface area contributed by atoms with Gasteiger partial charge in [-0.1, -0.05) is 0 Å². The normalized spacial score (nSPS) is 12.9. The van der Waals surface area contributed by atoms with Crippen molar-refractivity contribution in [2.24, 2.45) is 5.73 Å². The number of benzene rings is 1. The molecule has 0 aliphatic rings. The van der Waals surface area contributed by atoms with Crippen molar-refractivity contribution in [1.82, 2.24) is 0 Å². The van der Waals surface area contributed by atoms with Gasteiger partial charge in [-0.2, -0.15) is 0 Å². The molecule has 1 aromatic rings. The standard InChI is InChI=1S/C10H13F2NO/c1-6-4-8(11)9(12)5-7(6)10(14)2-3-13/h4-5,10,14H,2-3,13H2,1H3. The summed E-state index contributed by atoms with van der Waals surface area (Å²) in [5.41, 5.74) is 6.19. The van der Waals surface area contributed by atoms with E-state index in [9.17, 15) is 13.9 Å². The molecule has 1 unspecified atom stereocenters. The number of halogens is 2. The van der Waals surface area contributed by atoms with E-state index >= 15 is 0 Å². The Kier molecular flexibility index (Phi) is 3.55. The maximum absolute atomic E-state index is 12.8. The third-order valence-electron chi connectivity index (χ3n) is 2.11. The van der Waals surface area contributed by atoms with Crippen molar-refractivity contribution in [3.05, 3.63) is 34.9 Å². The van der Waals surface area contributed by atoms with Crippen LogP contribution in [0, 0.1) is 18.6 Å². The topological polar surface area (TPSA) is 46.2 Å². The highest BCUT2D eigenvalue weighted by Gasteiger charge is 2.13. The van der Waals surface area contributed by atoms with E-state index in [4.69, 9.17) is 5.73 Å². The average molecular weight is 201 g/mol. The second kappa shape index (κ2) is 4.48. The van der Waals surface area contributed by atoms with E-state index in [2.05, 4.69) is 0 Å². The van der Waals surface area contributed by atoms with Crippen molar-refractivity contribution in [2.75, 3.05) is 6.54 Å². The fourth-order valence-corrected chi connectivity index (χ4v) is 1.33. The van der Waals surface area contributed by atoms with Crippen LogP contribution in [0.2, 0.25) is 0 Å². The zero-order chi connectivity index (χ0) is 10.7. The van der Waals surface area contributed by atoms with Gasteiger partial charge in [0.1, 0.15) is 0 Å². The first-order valence-electron chi connectivity index (χ1n) is 4.40. The highest BCUT2D eigenvalue weighted by Crippen LogP contribution is 2.22. The van der Waals surface area contributed by atoms with Crippen molar-refractivity contribution in [2.45, 2.75) is 19.4 Å². The molecule has 0 heterocycles. The number of hydrogen-bond acceptors (Lipinski definition) is 2. The summed E-state index contributed by atoms with van der Waals surface area (Å²) in [6.45, 7) is 1.93. The van der Waals surface area contributed by atoms with Crippen molar-refractivity contribution in [3.8, 4) is 0 Å². The molecule has 0 aliphatic heterocycles. The van der Waals surface area contributed by atoms with Crippen LogP contribution in [-0.2, 0) is 0 Å². The van der Waals surface area contributed by atoms with Crippen LogP contribution in [-0.4, -0.2) is 11.7 Å². The predicted molar refractivity (Wildman–Crippen MR) is 49.7 cm³/mol. The predicted octanol–water partition coefficient (Wildman–Crippen LogP) is 1.66. The number of rotatable bonds is 3. The molecule has 1 aromatic carbocycles. The first-order chi connectivity index (χ1) is 6.56. The van der Waals surface area contributed by atoms with E-state index in [1.807, 2.05) is 0 Å². The van der Waals surface area contributed by atoms with Crippen molar-refractivity contribution in [3.63, 3.8) is 0 Å². The van der Waals surface area contributed by atoms with Gasteiger partial charge in [-0.25, -0.2) is 8.78 Å². The van der Waals surface area contributed by atoms with Gasteiger partial charge >= 0.3 is 0 Å². The SMILES string of the molecule is Cc1cc(F)c(F)cc1C(O)CCN. The van der Waals surface area contributed by atoms with Gasteiger partial charge in [-0.3, -0.25) is 0 Å². The molecule has 0 aromatic heterocycles. The maximum atomic E-state index is 12.8. The summed E-state index contributed by atoms with van der Waals surface area (Å²) >= 11 is 0. The van der Waals surface area contributed by atoms with Crippen LogP contribution in [0.5, 0.6) is 0 Å². The molecule has 0 spiro atoms. The van der Waals surface area contributed by atoms with Gasteiger partial charge < -0.3 is 10.8 Å². The van der Waals surface area contributed by atoms with E-state index in [0.29, 0.717) is 24.1 Å². The Hall–Kier alpha value is -1.00. The summed E-state index contributed by atoms with van der Waals surface area (Å²) < 4.78 is 25.6. The van der Waals surface area contributed by atoms with Crippen LogP contribution in [0.3, 0.4) is 0 Å². The van der Waals surface area contributed by atoms with E-state index in [1.54, 1.807) is 6.92 Å². The Morgan fingerprint density at radius 1 is 1.36 bits per heavy atom. The zero-order valence-electron chi connectivity index (χ0n) is 7.93. The molecule has 0 radical (unpaired) electrons. The minimum Gasteiger partial charge on any atom is -0.388 e. The molecule has 1 atom stereocenters. The molecule has 0 aliphatic carbocycles. The molecule has 4 heteroatoms. The Bertz CT molecular complexity index is 328. The molecule has 0 amide bonds. The maximum Gasteiger partial charge on any atom is 0.159 e. The number of aliphatic hydroxyl groups excluding tert-OH is 1. The van der Waals surface area contributed by atoms with Crippen LogP contribution in [0.25, 0.3) is 0 Å². The zero-order valence-corrected chi connectivity index (χ0v) is 7.93. The minimum absolute atomic E-state index is 0.305. The molecule has 2 nitrogen and oxygen atoms in total. The number of hydrogen-bond donors (Lipinski definition) is 2. The lowest BCUT2D eigenvalue weighted by Gasteiger charge is -2.12. The van der Waals surface area contributed by atoms with Crippen LogP contribution >= 0.6 is 0 Å². The molecular weight excluding hydrogens is 188 g/mol. The molecule has 1 rings (SSSR count). The second-order valence-corrected chi connectivity index (χ2v) is 3.22. The highest BCUT2D eigenvalue weighted by molar-refractivity contribution is 5.29. The fourth-order valence-electron chi connectivity index (χ4n) is 1.33. The summed E-state index contributed by atoms with van der Waals surface area (Å²) in [5, 5.41) is 9.55. The third kappa shape index (κ3) is 2.27. The van der Waals surface area contributed by atoms with Gasteiger partial charge in [-0.05, 0) is 43.1 Å². The summed E-state index contributed by atoms with van der Waals surface area (Å²) in [4.78, 5) is 0. The number of aryl methyl sites for hydroxylation is 1. The quantitative estimate of drug-likeness (QED) is 0.781. The van der Waals surface area contributed by atoms with Crippen LogP contribution in [0.15, 0.2) is 12.1 Å². The fraction of sp³-hybridized carbons (Fsp3) is 0.400. The molecule has 3 N–H and O–H groups in total. The third-order valence-corrected chi connectivity index (χ3v) is 2.11. The average Bonchev–Trinajstić information content (AvgIpc) is 2.11. The second-order valence-electron chi connectivity index (χ2n) is 3.22. The molecule has 14 heavy (non-hydrogen) atoms. The van der Waals surface area contributed by atoms with Crippen LogP contribution < -0.4 is 5.73 Å². The monoisotopic (exact) mass is 201 g/mol. The summed E-state index contributed by atoms with van der Waals surface area (Å²) in [6, 6.07) is 2.09. The lowest BCUT2D eigenvalue weighted by Crippen LogP contribution is -2.08. The van der Waals surface area contributed by atoms with Gasteiger partial charge in [0.15, 0.2) is 11.6 Å². The van der Waals surface area contributed by atoms with Gasteiger partial charge in [0.2, 0.25) is 0 Å². The van der Waals surface area contributed by atoms with Gasteiger partial charge in [0, 0.05) is 0 Å². The lowest BCUT2D eigenvalue weighted by atomic mass is 10.0.